The maximum absolute atomic E-state index is 11.6. The van der Waals surface area contributed by atoms with Gasteiger partial charge in [-0.2, -0.15) is 0 Å². The van der Waals surface area contributed by atoms with E-state index < -0.39 is 5.54 Å². The van der Waals surface area contributed by atoms with E-state index in [-0.39, 0.29) is 12.0 Å². The van der Waals surface area contributed by atoms with Crippen molar-refractivity contribution in [3.05, 3.63) is 24.3 Å². The summed E-state index contributed by atoms with van der Waals surface area (Å²) in [6, 6.07) is 7.44. The number of rotatable bonds is 9. The maximum atomic E-state index is 11.6. The smallest absolute Gasteiger partial charge is 0.237 e. The fraction of sp³-hybridized carbons (Fsp3) is 0.562. The third kappa shape index (κ3) is 5.27. The molecule has 1 aromatic carbocycles. The van der Waals surface area contributed by atoms with E-state index in [2.05, 4.69) is 5.32 Å². The molecule has 0 heterocycles. The molecule has 2 unspecified atom stereocenters. The Labute approximate surface area is 126 Å². The van der Waals surface area contributed by atoms with Gasteiger partial charge in [0.15, 0.2) is 0 Å². The Hall–Kier alpha value is -1.75. The molecule has 5 heteroatoms. The summed E-state index contributed by atoms with van der Waals surface area (Å²) in [6.07, 6.45) is 0.364. The van der Waals surface area contributed by atoms with Crippen LogP contribution >= 0.6 is 0 Å². The minimum Gasteiger partial charge on any atom is -0.494 e. The van der Waals surface area contributed by atoms with E-state index in [1.54, 1.807) is 6.92 Å². The van der Waals surface area contributed by atoms with Crippen molar-refractivity contribution < 1.29 is 14.3 Å². The molecule has 1 amide bonds. The van der Waals surface area contributed by atoms with Crippen molar-refractivity contribution in [3.8, 4) is 11.5 Å². The van der Waals surface area contributed by atoms with Gasteiger partial charge in [-0.3, -0.25) is 4.79 Å². The lowest BCUT2D eigenvalue weighted by molar-refractivity contribution is -0.124. The first kappa shape index (κ1) is 17.3. The minimum absolute atomic E-state index is 0.139. The van der Waals surface area contributed by atoms with Crippen LogP contribution in [0.3, 0.4) is 0 Å². The van der Waals surface area contributed by atoms with Crippen LogP contribution in [0.2, 0.25) is 0 Å². The van der Waals surface area contributed by atoms with Crippen LogP contribution in [0.15, 0.2) is 24.3 Å². The first-order valence-electron chi connectivity index (χ1n) is 7.35. The van der Waals surface area contributed by atoms with E-state index in [9.17, 15) is 4.79 Å². The van der Waals surface area contributed by atoms with E-state index in [0.717, 1.165) is 11.5 Å². The van der Waals surface area contributed by atoms with Gasteiger partial charge in [-0.1, -0.05) is 6.92 Å². The fourth-order valence-electron chi connectivity index (χ4n) is 2.28. The SMILES string of the molecule is CCNC(C)(CC(C)Oc1ccc(OCC)cc1)C(N)=O. The second-order valence-electron chi connectivity index (χ2n) is 5.26. The number of benzene rings is 1. The largest absolute Gasteiger partial charge is 0.494 e. The number of carbonyl (C=O) groups is 1. The van der Waals surface area contributed by atoms with Gasteiger partial charge >= 0.3 is 0 Å². The van der Waals surface area contributed by atoms with Gasteiger partial charge in [0.25, 0.3) is 0 Å². The van der Waals surface area contributed by atoms with E-state index in [4.69, 9.17) is 15.2 Å². The summed E-state index contributed by atoms with van der Waals surface area (Å²) in [5.74, 6) is 1.19. The summed E-state index contributed by atoms with van der Waals surface area (Å²) in [5.41, 5.74) is 4.71. The van der Waals surface area contributed by atoms with Crippen LogP contribution < -0.4 is 20.5 Å². The van der Waals surface area contributed by atoms with Gasteiger partial charge in [0.05, 0.1) is 18.2 Å². The normalized spacial score (nSPS) is 15.0. The highest BCUT2D eigenvalue weighted by molar-refractivity contribution is 5.84. The summed E-state index contributed by atoms with van der Waals surface area (Å²) in [6.45, 7) is 8.92. The van der Waals surface area contributed by atoms with Crippen molar-refractivity contribution in [2.45, 2.75) is 45.8 Å². The Morgan fingerprint density at radius 2 is 1.86 bits per heavy atom. The molecule has 3 N–H and O–H groups in total. The number of likely N-dealkylation sites (N-methyl/N-ethyl adjacent to an activating group) is 1. The summed E-state index contributed by atoms with van der Waals surface area (Å²) in [7, 11) is 0. The Kier molecular flexibility index (Phi) is 6.49. The number of nitrogens with one attached hydrogen (secondary N) is 1. The van der Waals surface area contributed by atoms with Crippen molar-refractivity contribution in [2.75, 3.05) is 13.2 Å². The van der Waals surface area contributed by atoms with Gasteiger partial charge in [0.1, 0.15) is 11.5 Å². The standard InChI is InChI=1S/C16H26N2O3/c1-5-18-16(4,15(17)19)11-12(3)21-14-9-7-13(8-10-14)20-6-2/h7-10,12,18H,5-6,11H2,1-4H3,(H2,17,19). The molecule has 1 rings (SSSR count). The molecule has 21 heavy (non-hydrogen) atoms. The lowest BCUT2D eigenvalue weighted by Crippen LogP contribution is -2.55. The van der Waals surface area contributed by atoms with Gasteiger partial charge in [0.2, 0.25) is 5.91 Å². The molecule has 0 radical (unpaired) electrons. The van der Waals surface area contributed by atoms with Crippen LogP contribution in [0.1, 0.15) is 34.1 Å². The van der Waals surface area contributed by atoms with Gasteiger partial charge in [-0.15, -0.1) is 0 Å². The lowest BCUT2D eigenvalue weighted by Gasteiger charge is -2.30. The molecule has 0 bridgehead atoms. The van der Waals surface area contributed by atoms with Crippen molar-refractivity contribution >= 4 is 5.91 Å². The molecular weight excluding hydrogens is 268 g/mol. The maximum Gasteiger partial charge on any atom is 0.237 e. The molecule has 0 saturated heterocycles. The molecule has 5 nitrogen and oxygen atoms in total. The first-order valence-corrected chi connectivity index (χ1v) is 7.35. The molecule has 0 spiro atoms. The molecule has 118 valence electrons. The predicted molar refractivity (Wildman–Crippen MR) is 83.6 cm³/mol. The first-order chi connectivity index (χ1) is 9.91. The Morgan fingerprint density at radius 3 is 2.33 bits per heavy atom. The van der Waals surface area contributed by atoms with Crippen LogP contribution in [-0.2, 0) is 4.79 Å². The molecule has 0 aliphatic carbocycles. The molecule has 0 saturated carbocycles. The Morgan fingerprint density at radius 1 is 1.29 bits per heavy atom. The minimum atomic E-state index is -0.764. The highest BCUT2D eigenvalue weighted by Gasteiger charge is 2.32. The average Bonchev–Trinajstić information content (AvgIpc) is 2.41. The Balaban J connectivity index is 2.63. The highest BCUT2D eigenvalue weighted by Crippen LogP contribution is 2.21. The predicted octanol–water partition coefficient (Wildman–Crippen LogP) is 2.10. The number of ether oxygens (including phenoxy) is 2. The molecule has 0 aliphatic rings. The van der Waals surface area contributed by atoms with E-state index in [1.165, 1.54) is 0 Å². The zero-order valence-corrected chi connectivity index (χ0v) is 13.3. The molecule has 0 aromatic heterocycles. The molecule has 2 atom stereocenters. The van der Waals surface area contributed by atoms with Crippen LogP contribution in [0.5, 0.6) is 11.5 Å². The van der Waals surface area contributed by atoms with Crippen LogP contribution in [0.4, 0.5) is 0 Å². The van der Waals surface area contributed by atoms with Gasteiger partial charge in [-0.05, 0) is 51.6 Å². The lowest BCUT2D eigenvalue weighted by atomic mass is 9.94. The quantitative estimate of drug-likeness (QED) is 0.731. The average molecular weight is 294 g/mol. The van der Waals surface area contributed by atoms with Crippen LogP contribution in [-0.4, -0.2) is 30.7 Å². The van der Waals surface area contributed by atoms with Crippen molar-refractivity contribution in [1.82, 2.24) is 5.32 Å². The van der Waals surface area contributed by atoms with E-state index in [1.807, 2.05) is 45.0 Å². The second-order valence-corrected chi connectivity index (χ2v) is 5.26. The third-order valence-corrected chi connectivity index (χ3v) is 3.28. The van der Waals surface area contributed by atoms with Crippen LogP contribution in [0, 0.1) is 0 Å². The van der Waals surface area contributed by atoms with E-state index >= 15 is 0 Å². The third-order valence-electron chi connectivity index (χ3n) is 3.28. The number of primary amides is 1. The summed E-state index contributed by atoms with van der Waals surface area (Å²) < 4.78 is 11.2. The highest BCUT2D eigenvalue weighted by atomic mass is 16.5. The van der Waals surface area contributed by atoms with Crippen molar-refractivity contribution in [3.63, 3.8) is 0 Å². The fourth-order valence-corrected chi connectivity index (χ4v) is 2.28. The van der Waals surface area contributed by atoms with Gasteiger partial charge in [0, 0.05) is 6.42 Å². The molecule has 0 fully saturated rings. The number of amides is 1. The van der Waals surface area contributed by atoms with E-state index in [0.29, 0.717) is 19.6 Å². The van der Waals surface area contributed by atoms with Gasteiger partial charge < -0.3 is 20.5 Å². The number of hydrogen-bond donors (Lipinski definition) is 2. The number of nitrogens with two attached hydrogens (primary N) is 1. The number of hydrogen-bond acceptors (Lipinski definition) is 4. The molecular formula is C16H26N2O3. The Bertz CT molecular complexity index is 447. The number of carbonyl (C=O) groups excluding carboxylic acids is 1. The van der Waals surface area contributed by atoms with Crippen LogP contribution in [0.25, 0.3) is 0 Å². The summed E-state index contributed by atoms with van der Waals surface area (Å²) in [4.78, 5) is 11.6. The summed E-state index contributed by atoms with van der Waals surface area (Å²) >= 11 is 0. The van der Waals surface area contributed by atoms with Crippen molar-refractivity contribution in [2.24, 2.45) is 5.73 Å². The monoisotopic (exact) mass is 294 g/mol. The second kappa shape index (κ2) is 7.88. The van der Waals surface area contributed by atoms with Gasteiger partial charge in [-0.25, -0.2) is 0 Å². The molecule has 0 aliphatic heterocycles. The zero-order chi connectivity index (χ0) is 15.9. The van der Waals surface area contributed by atoms with Crippen molar-refractivity contribution in [1.29, 1.82) is 0 Å². The topological polar surface area (TPSA) is 73.6 Å². The molecule has 1 aromatic rings. The summed E-state index contributed by atoms with van der Waals surface area (Å²) in [5, 5.41) is 3.13. The zero-order valence-electron chi connectivity index (χ0n) is 13.3.